The minimum absolute atomic E-state index is 0.000340. The Morgan fingerprint density at radius 2 is 1.88 bits per heavy atom. The van der Waals surface area contributed by atoms with Gasteiger partial charge in [0.1, 0.15) is 5.76 Å². The Labute approximate surface area is 104 Å². The number of hydrogen-bond acceptors (Lipinski definition) is 2. The van der Waals surface area contributed by atoms with E-state index in [1.807, 2.05) is 19.1 Å². The Bertz CT molecular complexity index is 528. The van der Waals surface area contributed by atoms with Crippen molar-refractivity contribution in [1.82, 2.24) is 0 Å². The highest BCUT2D eigenvalue weighted by atomic mass is 35.5. The number of hydrogen-bond donors (Lipinski definition) is 1. The average Bonchev–Trinajstić information content (AvgIpc) is 2.78. The molecule has 3 nitrogen and oxygen atoms in total. The monoisotopic (exact) mass is 250 g/mol. The third kappa shape index (κ3) is 2.50. The molecule has 0 amide bonds. The van der Waals surface area contributed by atoms with Crippen LogP contribution in [-0.2, 0) is 0 Å². The Morgan fingerprint density at radius 1 is 1.24 bits per heavy atom. The maximum atomic E-state index is 10.7. The molecule has 1 aromatic carbocycles. The first-order valence-electron chi connectivity index (χ1n) is 5.16. The zero-order valence-corrected chi connectivity index (χ0v) is 9.94. The van der Waals surface area contributed by atoms with Crippen LogP contribution in [0.1, 0.15) is 34.7 Å². The van der Waals surface area contributed by atoms with Crippen LogP contribution in [0.2, 0.25) is 5.02 Å². The summed E-state index contributed by atoms with van der Waals surface area (Å²) in [5, 5.41) is 9.45. The van der Waals surface area contributed by atoms with E-state index in [0.717, 1.165) is 5.56 Å². The van der Waals surface area contributed by atoms with Crippen LogP contribution in [0, 0.1) is 0 Å². The first-order valence-corrected chi connectivity index (χ1v) is 5.54. The summed E-state index contributed by atoms with van der Waals surface area (Å²) in [4.78, 5) is 10.7. The van der Waals surface area contributed by atoms with Crippen molar-refractivity contribution in [2.45, 2.75) is 12.8 Å². The lowest BCUT2D eigenvalue weighted by atomic mass is 9.99. The Kier molecular flexibility index (Phi) is 3.20. The SMILES string of the molecule is CC(c1ccc(Cl)cc1)c1ccc(C(=O)O)o1. The first-order chi connectivity index (χ1) is 8.08. The molecule has 0 aliphatic rings. The molecule has 1 unspecified atom stereocenters. The van der Waals surface area contributed by atoms with E-state index >= 15 is 0 Å². The second-order valence-corrected chi connectivity index (χ2v) is 4.22. The minimum Gasteiger partial charge on any atom is -0.475 e. The summed E-state index contributed by atoms with van der Waals surface area (Å²) in [6.45, 7) is 1.95. The molecule has 2 aromatic rings. The Morgan fingerprint density at radius 3 is 2.41 bits per heavy atom. The van der Waals surface area contributed by atoms with Gasteiger partial charge >= 0.3 is 5.97 Å². The molecule has 17 heavy (non-hydrogen) atoms. The summed E-state index contributed by atoms with van der Waals surface area (Å²) in [5.41, 5.74) is 1.03. The van der Waals surface area contributed by atoms with E-state index < -0.39 is 5.97 Å². The molecule has 0 saturated heterocycles. The zero-order chi connectivity index (χ0) is 12.4. The lowest BCUT2D eigenvalue weighted by Crippen LogP contribution is -1.95. The van der Waals surface area contributed by atoms with Crippen LogP contribution in [0.15, 0.2) is 40.8 Å². The largest absolute Gasteiger partial charge is 0.475 e. The van der Waals surface area contributed by atoms with E-state index in [2.05, 4.69) is 0 Å². The average molecular weight is 251 g/mol. The number of carboxylic acid groups (broad SMARTS) is 1. The zero-order valence-electron chi connectivity index (χ0n) is 9.18. The number of rotatable bonds is 3. The van der Waals surface area contributed by atoms with E-state index in [0.29, 0.717) is 10.8 Å². The van der Waals surface area contributed by atoms with E-state index in [-0.39, 0.29) is 11.7 Å². The fourth-order valence-electron chi connectivity index (χ4n) is 1.62. The van der Waals surface area contributed by atoms with Crippen molar-refractivity contribution < 1.29 is 14.3 Å². The third-order valence-electron chi connectivity index (χ3n) is 2.63. The summed E-state index contributed by atoms with van der Waals surface area (Å²) in [7, 11) is 0. The fourth-order valence-corrected chi connectivity index (χ4v) is 1.74. The van der Waals surface area contributed by atoms with Crippen LogP contribution in [0.5, 0.6) is 0 Å². The van der Waals surface area contributed by atoms with E-state index in [4.69, 9.17) is 21.1 Å². The lowest BCUT2D eigenvalue weighted by molar-refractivity contribution is 0.0660. The molecule has 0 aliphatic carbocycles. The normalized spacial score (nSPS) is 12.4. The van der Waals surface area contributed by atoms with Crippen molar-refractivity contribution in [3.05, 3.63) is 58.5 Å². The lowest BCUT2D eigenvalue weighted by Gasteiger charge is -2.08. The topological polar surface area (TPSA) is 50.4 Å². The number of carboxylic acids is 1. The molecule has 0 saturated carbocycles. The van der Waals surface area contributed by atoms with Crippen LogP contribution in [-0.4, -0.2) is 11.1 Å². The summed E-state index contributed by atoms with van der Waals surface area (Å²) >= 11 is 5.81. The highest BCUT2D eigenvalue weighted by molar-refractivity contribution is 6.30. The maximum absolute atomic E-state index is 10.7. The van der Waals surface area contributed by atoms with E-state index in [1.165, 1.54) is 6.07 Å². The molecule has 0 aliphatic heterocycles. The number of carbonyl (C=O) groups is 1. The highest BCUT2D eigenvalue weighted by Crippen LogP contribution is 2.26. The van der Waals surface area contributed by atoms with Gasteiger partial charge in [-0.05, 0) is 29.8 Å². The van der Waals surface area contributed by atoms with Crippen LogP contribution < -0.4 is 0 Å². The number of furan rings is 1. The smallest absolute Gasteiger partial charge is 0.371 e. The van der Waals surface area contributed by atoms with Gasteiger partial charge in [-0.25, -0.2) is 4.79 Å². The van der Waals surface area contributed by atoms with Crippen molar-refractivity contribution in [2.24, 2.45) is 0 Å². The van der Waals surface area contributed by atoms with Gasteiger partial charge in [-0.15, -0.1) is 0 Å². The maximum Gasteiger partial charge on any atom is 0.371 e. The van der Waals surface area contributed by atoms with E-state index in [9.17, 15) is 4.79 Å². The predicted octanol–water partition coefficient (Wildman–Crippen LogP) is 3.78. The van der Waals surface area contributed by atoms with Crippen molar-refractivity contribution in [2.75, 3.05) is 0 Å². The standard InChI is InChI=1S/C13H11ClO3/c1-8(9-2-4-10(14)5-3-9)11-6-7-12(17-11)13(15)16/h2-8H,1H3,(H,15,16). The molecule has 88 valence electrons. The highest BCUT2D eigenvalue weighted by Gasteiger charge is 2.15. The van der Waals surface area contributed by atoms with Crippen molar-refractivity contribution >= 4 is 17.6 Å². The Balaban J connectivity index is 2.27. The molecule has 4 heteroatoms. The molecule has 1 N–H and O–H groups in total. The molecule has 0 bridgehead atoms. The molecule has 1 aromatic heterocycles. The molecule has 0 radical (unpaired) electrons. The molecular formula is C13H11ClO3. The molecule has 1 atom stereocenters. The van der Waals surface area contributed by atoms with Crippen LogP contribution in [0.4, 0.5) is 0 Å². The molecule has 2 rings (SSSR count). The summed E-state index contributed by atoms with van der Waals surface area (Å²) < 4.78 is 5.26. The second-order valence-electron chi connectivity index (χ2n) is 3.78. The molecule has 1 heterocycles. The molecule has 0 spiro atoms. The molecule has 0 fully saturated rings. The van der Waals surface area contributed by atoms with Crippen molar-refractivity contribution in [3.8, 4) is 0 Å². The van der Waals surface area contributed by atoms with Gasteiger partial charge in [0, 0.05) is 10.9 Å². The van der Waals surface area contributed by atoms with Gasteiger partial charge in [-0.1, -0.05) is 30.7 Å². The predicted molar refractivity (Wildman–Crippen MR) is 64.6 cm³/mol. The minimum atomic E-state index is -1.06. The summed E-state index contributed by atoms with van der Waals surface area (Å²) in [6, 6.07) is 10.5. The second kappa shape index (κ2) is 4.63. The van der Waals surface area contributed by atoms with Gasteiger partial charge in [0.2, 0.25) is 5.76 Å². The third-order valence-corrected chi connectivity index (χ3v) is 2.89. The van der Waals surface area contributed by atoms with Gasteiger partial charge in [0.05, 0.1) is 0 Å². The van der Waals surface area contributed by atoms with Crippen LogP contribution in [0.25, 0.3) is 0 Å². The van der Waals surface area contributed by atoms with Gasteiger partial charge < -0.3 is 9.52 Å². The summed E-state index contributed by atoms with van der Waals surface area (Å²) in [5.74, 6) is -0.467. The van der Waals surface area contributed by atoms with Crippen molar-refractivity contribution in [1.29, 1.82) is 0 Å². The quantitative estimate of drug-likeness (QED) is 0.902. The number of halogens is 1. The van der Waals surface area contributed by atoms with Crippen LogP contribution >= 0.6 is 11.6 Å². The van der Waals surface area contributed by atoms with Gasteiger partial charge in [0.15, 0.2) is 0 Å². The number of aromatic carboxylic acids is 1. The fraction of sp³-hybridized carbons (Fsp3) is 0.154. The summed E-state index contributed by atoms with van der Waals surface area (Å²) in [6.07, 6.45) is 0. The van der Waals surface area contributed by atoms with Gasteiger partial charge in [0.25, 0.3) is 0 Å². The number of benzene rings is 1. The van der Waals surface area contributed by atoms with Gasteiger partial charge in [-0.2, -0.15) is 0 Å². The van der Waals surface area contributed by atoms with Crippen LogP contribution in [0.3, 0.4) is 0 Å². The molecular weight excluding hydrogens is 240 g/mol. The van der Waals surface area contributed by atoms with Gasteiger partial charge in [-0.3, -0.25) is 0 Å². The van der Waals surface area contributed by atoms with E-state index in [1.54, 1.807) is 18.2 Å². The first kappa shape index (κ1) is 11.7. The van der Waals surface area contributed by atoms with Crippen molar-refractivity contribution in [3.63, 3.8) is 0 Å². The Hall–Kier alpha value is -1.74.